The first kappa shape index (κ1) is 20.6. The van der Waals surface area contributed by atoms with Crippen LogP contribution in [0, 0.1) is 0 Å². The molecule has 2 aromatic carbocycles. The van der Waals surface area contributed by atoms with Crippen LogP contribution >= 0.6 is 0 Å². The second-order valence-electron chi connectivity index (χ2n) is 8.01. The van der Waals surface area contributed by atoms with Gasteiger partial charge in [-0.05, 0) is 51.3 Å². The third-order valence-corrected chi connectivity index (χ3v) is 8.29. The van der Waals surface area contributed by atoms with Crippen LogP contribution in [0.2, 0.25) is 0 Å². The molecule has 1 amide bonds. The fourth-order valence-electron chi connectivity index (χ4n) is 4.32. The number of benzene rings is 2. The molecule has 150 valence electrons. The summed E-state index contributed by atoms with van der Waals surface area (Å²) in [4.78, 5) is 13.2. The van der Waals surface area contributed by atoms with E-state index in [9.17, 15) is 13.2 Å². The summed E-state index contributed by atoms with van der Waals surface area (Å²) in [5.41, 5.74) is 1.36. The van der Waals surface area contributed by atoms with Crippen molar-refractivity contribution in [3.05, 3.63) is 65.7 Å². The zero-order valence-electron chi connectivity index (χ0n) is 16.8. The summed E-state index contributed by atoms with van der Waals surface area (Å²) < 4.78 is 25.4. The van der Waals surface area contributed by atoms with E-state index in [0.29, 0.717) is 0 Å². The molecule has 3 rings (SSSR count). The van der Waals surface area contributed by atoms with E-state index in [-0.39, 0.29) is 27.8 Å². The molecule has 5 heteroatoms. The summed E-state index contributed by atoms with van der Waals surface area (Å²) in [7, 11) is -3.54. The molecular weight excluding hydrogens is 370 g/mol. The Balaban J connectivity index is 1.91. The molecule has 0 heterocycles. The van der Waals surface area contributed by atoms with Crippen LogP contribution in [-0.2, 0) is 15.3 Å². The lowest BCUT2D eigenvalue weighted by Gasteiger charge is -2.37. The van der Waals surface area contributed by atoms with Crippen LogP contribution < -0.4 is 5.32 Å². The average molecular weight is 400 g/mol. The van der Waals surface area contributed by atoms with E-state index in [2.05, 4.69) is 17.4 Å². The van der Waals surface area contributed by atoms with E-state index in [1.54, 1.807) is 32.0 Å². The van der Waals surface area contributed by atoms with Crippen molar-refractivity contribution in [2.75, 3.05) is 0 Å². The lowest BCUT2D eigenvalue weighted by atomic mass is 9.73. The molecular formula is C23H29NO3S. The first-order chi connectivity index (χ1) is 13.3. The zero-order chi connectivity index (χ0) is 20.4. The highest BCUT2D eigenvalue weighted by Gasteiger charge is 2.41. The van der Waals surface area contributed by atoms with Crippen LogP contribution in [0.25, 0.3) is 0 Å². The summed E-state index contributed by atoms with van der Waals surface area (Å²) >= 11 is 0. The zero-order valence-corrected chi connectivity index (χ0v) is 17.6. The molecule has 0 aromatic heterocycles. The third kappa shape index (κ3) is 3.72. The maximum Gasteiger partial charge on any atom is 0.252 e. The van der Waals surface area contributed by atoms with Gasteiger partial charge in [0, 0.05) is 11.5 Å². The van der Waals surface area contributed by atoms with Crippen LogP contribution in [0.4, 0.5) is 0 Å². The Morgan fingerprint density at radius 1 is 0.929 bits per heavy atom. The van der Waals surface area contributed by atoms with E-state index in [0.717, 1.165) is 25.7 Å². The number of sulfone groups is 1. The molecule has 0 spiro atoms. The standard InChI is InChI=1S/C23H29NO3S/c1-17(2)28(26,27)21-14-8-7-13-20(21)22(25)24-18(3)23(15-9-10-16-23)19-11-5-4-6-12-19/h4-8,11-14,17-18H,9-10,15-16H2,1-3H3,(H,24,25). The molecule has 1 N–H and O–H groups in total. The second-order valence-corrected chi connectivity index (χ2v) is 10.5. The molecule has 1 aliphatic carbocycles. The molecule has 4 nitrogen and oxygen atoms in total. The van der Waals surface area contributed by atoms with Crippen LogP contribution in [0.1, 0.15) is 62.4 Å². The number of carbonyl (C=O) groups is 1. The molecule has 0 aliphatic heterocycles. The van der Waals surface area contributed by atoms with E-state index in [1.807, 2.05) is 25.1 Å². The van der Waals surface area contributed by atoms with Gasteiger partial charge < -0.3 is 5.32 Å². The molecule has 1 atom stereocenters. The molecule has 2 aromatic rings. The smallest absolute Gasteiger partial charge is 0.252 e. The normalized spacial score (nSPS) is 17.4. The van der Waals surface area contributed by atoms with Crippen LogP contribution in [0.3, 0.4) is 0 Å². The van der Waals surface area contributed by atoms with Crippen molar-refractivity contribution in [3.8, 4) is 0 Å². The van der Waals surface area contributed by atoms with Gasteiger partial charge in [-0.15, -0.1) is 0 Å². The van der Waals surface area contributed by atoms with Gasteiger partial charge in [0.2, 0.25) is 0 Å². The topological polar surface area (TPSA) is 63.2 Å². The largest absolute Gasteiger partial charge is 0.349 e. The summed E-state index contributed by atoms with van der Waals surface area (Å²) in [5, 5.41) is 2.55. The van der Waals surface area contributed by atoms with Gasteiger partial charge in [-0.1, -0.05) is 55.3 Å². The van der Waals surface area contributed by atoms with Gasteiger partial charge in [0.05, 0.1) is 15.7 Å². The number of hydrogen-bond donors (Lipinski definition) is 1. The summed E-state index contributed by atoms with van der Waals surface area (Å²) in [6.45, 7) is 5.31. The van der Waals surface area contributed by atoms with E-state index >= 15 is 0 Å². The lowest BCUT2D eigenvalue weighted by molar-refractivity contribution is 0.0915. The van der Waals surface area contributed by atoms with Crippen LogP contribution in [0.15, 0.2) is 59.5 Å². The van der Waals surface area contributed by atoms with E-state index in [4.69, 9.17) is 0 Å². The monoisotopic (exact) mass is 399 g/mol. The van der Waals surface area contributed by atoms with Gasteiger partial charge in [0.1, 0.15) is 0 Å². The van der Waals surface area contributed by atoms with Gasteiger partial charge >= 0.3 is 0 Å². The van der Waals surface area contributed by atoms with Crippen LogP contribution in [0.5, 0.6) is 0 Å². The number of hydrogen-bond acceptors (Lipinski definition) is 3. The van der Waals surface area contributed by atoms with Gasteiger partial charge in [-0.3, -0.25) is 4.79 Å². The molecule has 1 aliphatic rings. The predicted molar refractivity (Wildman–Crippen MR) is 112 cm³/mol. The maximum absolute atomic E-state index is 13.1. The molecule has 0 bridgehead atoms. The Hall–Kier alpha value is -2.14. The van der Waals surface area contributed by atoms with Crippen molar-refractivity contribution in [2.24, 2.45) is 0 Å². The Morgan fingerprint density at radius 2 is 1.50 bits per heavy atom. The highest BCUT2D eigenvalue weighted by Crippen LogP contribution is 2.43. The third-order valence-electron chi connectivity index (χ3n) is 6.08. The number of amides is 1. The fourth-order valence-corrected chi connectivity index (χ4v) is 5.56. The average Bonchev–Trinajstić information content (AvgIpc) is 3.20. The fraction of sp³-hybridized carbons (Fsp3) is 0.435. The minimum Gasteiger partial charge on any atom is -0.349 e. The Labute approximate surface area is 168 Å². The molecule has 0 radical (unpaired) electrons. The predicted octanol–water partition coefficient (Wildman–Crippen LogP) is 4.50. The molecule has 0 saturated heterocycles. The van der Waals surface area contributed by atoms with Crippen molar-refractivity contribution < 1.29 is 13.2 Å². The summed E-state index contributed by atoms with van der Waals surface area (Å²) in [6, 6.07) is 16.7. The molecule has 1 unspecified atom stereocenters. The van der Waals surface area contributed by atoms with Gasteiger partial charge in [0.25, 0.3) is 5.91 Å². The Morgan fingerprint density at radius 3 is 2.11 bits per heavy atom. The SMILES string of the molecule is CC(NC(=O)c1ccccc1S(=O)(=O)C(C)C)C1(c2ccccc2)CCCC1. The van der Waals surface area contributed by atoms with Crippen molar-refractivity contribution in [1.82, 2.24) is 5.32 Å². The van der Waals surface area contributed by atoms with Crippen molar-refractivity contribution >= 4 is 15.7 Å². The van der Waals surface area contributed by atoms with Gasteiger partial charge in [0.15, 0.2) is 9.84 Å². The second kappa shape index (κ2) is 8.08. The van der Waals surface area contributed by atoms with Crippen molar-refractivity contribution in [2.45, 2.75) is 68.1 Å². The Bertz CT molecular complexity index is 929. The van der Waals surface area contributed by atoms with E-state index in [1.165, 1.54) is 11.6 Å². The molecule has 1 fully saturated rings. The van der Waals surface area contributed by atoms with Crippen molar-refractivity contribution in [1.29, 1.82) is 0 Å². The lowest BCUT2D eigenvalue weighted by Crippen LogP contribution is -2.47. The number of carbonyl (C=O) groups excluding carboxylic acids is 1. The highest BCUT2D eigenvalue weighted by atomic mass is 32.2. The minimum absolute atomic E-state index is 0.0975. The summed E-state index contributed by atoms with van der Waals surface area (Å²) in [5.74, 6) is -0.325. The first-order valence-electron chi connectivity index (χ1n) is 9.98. The number of nitrogens with one attached hydrogen (secondary N) is 1. The maximum atomic E-state index is 13.1. The van der Waals surface area contributed by atoms with Gasteiger partial charge in [-0.25, -0.2) is 8.42 Å². The number of rotatable bonds is 6. The van der Waals surface area contributed by atoms with Crippen LogP contribution in [-0.4, -0.2) is 25.6 Å². The first-order valence-corrected chi connectivity index (χ1v) is 11.5. The minimum atomic E-state index is -3.54. The highest BCUT2D eigenvalue weighted by molar-refractivity contribution is 7.92. The molecule has 28 heavy (non-hydrogen) atoms. The summed E-state index contributed by atoms with van der Waals surface area (Å²) in [6.07, 6.45) is 4.30. The van der Waals surface area contributed by atoms with Gasteiger partial charge in [-0.2, -0.15) is 0 Å². The Kier molecular flexibility index (Phi) is 5.94. The quantitative estimate of drug-likeness (QED) is 0.778. The van der Waals surface area contributed by atoms with E-state index < -0.39 is 15.1 Å². The molecule has 1 saturated carbocycles. The van der Waals surface area contributed by atoms with Crippen molar-refractivity contribution in [3.63, 3.8) is 0 Å².